The van der Waals surface area contributed by atoms with Crippen molar-refractivity contribution in [3.8, 4) is 0 Å². The average Bonchev–Trinajstić information content (AvgIpc) is 2.70. The number of sulfone groups is 1. The van der Waals surface area contributed by atoms with Crippen LogP contribution in [0.15, 0.2) is 0 Å². The van der Waals surface area contributed by atoms with Gasteiger partial charge in [-0.05, 0) is 39.0 Å². The third-order valence-corrected chi connectivity index (χ3v) is 6.61. The summed E-state index contributed by atoms with van der Waals surface area (Å²) < 4.78 is 25.3. The van der Waals surface area contributed by atoms with Crippen molar-refractivity contribution >= 4 is 21.4 Å². The lowest BCUT2D eigenvalue weighted by molar-refractivity contribution is 0.326. The number of rotatable bonds is 1. The Morgan fingerprint density at radius 2 is 2.00 bits per heavy atom. The van der Waals surface area contributed by atoms with Gasteiger partial charge in [0.1, 0.15) is 5.15 Å². The molecule has 19 heavy (non-hydrogen) atoms. The molecule has 1 fully saturated rings. The second-order valence-electron chi connectivity index (χ2n) is 6.03. The Hall–Kier alpha value is -0.550. The van der Waals surface area contributed by atoms with Gasteiger partial charge in [-0.2, -0.15) is 5.10 Å². The molecule has 6 heteroatoms. The van der Waals surface area contributed by atoms with Crippen molar-refractivity contribution in [1.29, 1.82) is 0 Å². The van der Waals surface area contributed by atoms with Crippen LogP contribution in [-0.4, -0.2) is 29.7 Å². The van der Waals surface area contributed by atoms with Gasteiger partial charge >= 0.3 is 0 Å². The molecule has 0 bridgehead atoms. The molecule has 1 aromatic rings. The molecule has 1 atom stereocenters. The van der Waals surface area contributed by atoms with E-state index in [1.165, 1.54) is 6.42 Å². The van der Waals surface area contributed by atoms with E-state index in [2.05, 4.69) is 5.10 Å². The molecule has 0 N–H and O–H groups in total. The molecule has 1 aliphatic heterocycles. The lowest BCUT2D eigenvalue weighted by atomic mass is 10.0. The van der Waals surface area contributed by atoms with E-state index in [9.17, 15) is 8.42 Å². The molecule has 2 heterocycles. The van der Waals surface area contributed by atoms with E-state index in [1.807, 2.05) is 6.92 Å². The average molecular weight is 303 g/mol. The largest absolute Gasteiger partial charge is 0.247 e. The van der Waals surface area contributed by atoms with Crippen molar-refractivity contribution in [2.75, 3.05) is 11.5 Å². The first-order valence-corrected chi connectivity index (χ1v) is 9.08. The molecule has 1 aliphatic carbocycles. The highest BCUT2D eigenvalue weighted by Crippen LogP contribution is 2.36. The van der Waals surface area contributed by atoms with Crippen LogP contribution in [0.4, 0.5) is 0 Å². The molecule has 0 saturated carbocycles. The maximum Gasteiger partial charge on any atom is 0.152 e. The zero-order chi connectivity index (χ0) is 13.7. The van der Waals surface area contributed by atoms with E-state index in [1.54, 1.807) is 4.68 Å². The number of aromatic nitrogens is 2. The van der Waals surface area contributed by atoms with Crippen LogP contribution >= 0.6 is 11.6 Å². The summed E-state index contributed by atoms with van der Waals surface area (Å²) in [4.78, 5) is 0. The molecular formula is C13H19ClN2O2S. The highest BCUT2D eigenvalue weighted by Gasteiger charge is 2.42. The van der Waals surface area contributed by atoms with Crippen molar-refractivity contribution in [3.05, 3.63) is 16.4 Å². The lowest BCUT2D eigenvalue weighted by Crippen LogP contribution is -2.32. The highest BCUT2D eigenvalue weighted by molar-refractivity contribution is 7.91. The normalized spacial score (nSPS) is 30.0. The Labute approximate surface area is 119 Å². The summed E-state index contributed by atoms with van der Waals surface area (Å²) in [6.45, 7) is 1.95. The van der Waals surface area contributed by atoms with Crippen molar-refractivity contribution < 1.29 is 8.42 Å². The second-order valence-corrected chi connectivity index (χ2v) is 8.57. The summed E-state index contributed by atoms with van der Waals surface area (Å²) in [5, 5.41) is 5.31. The summed E-state index contributed by atoms with van der Waals surface area (Å²) in [6.07, 6.45) is 6.05. The molecule has 1 aromatic heterocycles. The third kappa shape index (κ3) is 2.31. The van der Waals surface area contributed by atoms with Gasteiger partial charge in [0.05, 0.1) is 22.7 Å². The van der Waals surface area contributed by atoms with Crippen LogP contribution in [0.2, 0.25) is 5.15 Å². The first-order valence-electron chi connectivity index (χ1n) is 6.88. The quantitative estimate of drug-likeness (QED) is 0.748. The Bertz CT molecular complexity index is 608. The molecular weight excluding hydrogens is 284 g/mol. The van der Waals surface area contributed by atoms with Gasteiger partial charge in [0, 0.05) is 5.56 Å². The molecule has 1 saturated heterocycles. The van der Waals surface area contributed by atoms with Crippen molar-refractivity contribution in [3.63, 3.8) is 0 Å². The number of halogens is 1. The van der Waals surface area contributed by atoms with Crippen LogP contribution in [0.25, 0.3) is 0 Å². The maximum atomic E-state index is 11.7. The van der Waals surface area contributed by atoms with E-state index in [0.29, 0.717) is 11.6 Å². The van der Waals surface area contributed by atoms with E-state index < -0.39 is 15.4 Å². The van der Waals surface area contributed by atoms with Gasteiger partial charge < -0.3 is 0 Å². The maximum absolute atomic E-state index is 11.7. The fourth-order valence-electron chi connectivity index (χ4n) is 3.21. The predicted octanol–water partition coefficient (Wildman–Crippen LogP) is 2.34. The summed E-state index contributed by atoms with van der Waals surface area (Å²) in [5.74, 6) is 0.393. The van der Waals surface area contributed by atoms with E-state index in [0.717, 1.165) is 36.9 Å². The summed E-state index contributed by atoms with van der Waals surface area (Å²) in [5.41, 5.74) is 1.75. The molecule has 3 rings (SSSR count). The van der Waals surface area contributed by atoms with Gasteiger partial charge in [-0.15, -0.1) is 0 Å². The van der Waals surface area contributed by atoms with E-state index in [-0.39, 0.29) is 11.5 Å². The summed E-state index contributed by atoms with van der Waals surface area (Å²) >= 11 is 6.48. The van der Waals surface area contributed by atoms with Crippen LogP contribution in [0.1, 0.15) is 43.9 Å². The van der Waals surface area contributed by atoms with Crippen molar-refractivity contribution in [1.82, 2.24) is 9.78 Å². The molecule has 0 amide bonds. The minimum atomic E-state index is -2.95. The minimum absolute atomic E-state index is 0.153. The minimum Gasteiger partial charge on any atom is -0.247 e. The van der Waals surface area contributed by atoms with Gasteiger partial charge in [-0.1, -0.05) is 18.0 Å². The zero-order valence-corrected chi connectivity index (χ0v) is 12.7. The van der Waals surface area contributed by atoms with Crippen LogP contribution in [0.3, 0.4) is 0 Å². The standard InChI is InChI=1S/C13H19ClN2O2S/c1-13(7-8-19(17,18)9-13)16-12(14)10-5-3-2-4-6-11(10)15-16/h2-9H2,1H3. The monoisotopic (exact) mass is 302 g/mol. The fourth-order valence-corrected chi connectivity index (χ4v) is 5.76. The second kappa shape index (κ2) is 4.48. The van der Waals surface area contributed by atoms with E-state index in [4.69, 9.17) is 11.6 Å². The Balaban J connectivity index is 2.03. The third-order valence-electron chi connectivity index (χ3n) is 4.34. The predicted molar refractivity (Wildman–Crippen MR) is 75.4 cm³/mol. The van der Waals surface area contributed by atoms with Gasteiger partial charge in [0.25, 0.3) is 0 Å². The number of nitrogens with zero attached hydrogens (tertiary/aromatic N) is 2. The summed E-state index contributed by atoms with van der Waals surface area (Å²) in [6, 6.07) is 0. The lowest BCUT2D eigenvalue weighted by Gasteiger charge is -2.24. The van der Waals surface area contributed by atoms with Crippen LogP contribution in [-0.2, 0) is 28.2 Å². The molecule has 1 unspecified atom stereocenters. The first-order chi connectivity index (χ1) is 8.91. The smallest absolute Gasteiger partial charge is 0.152 e. The zero-order valence-electron chi connectivity index (χ0n) is 11.2. The number of hydrogen-bond acceptors (Lipinski definition) is 3. The SMILES string of the molecule is CC1(n2nc3c(c2Cl)CCCCC3)CCS(=O)(=O)C1. The number of aryl methyl sites for hydroxylation is 1. The van der Waals surface area contributed by atoms with Gasteiger partial charge in [0.15, 0.2) is 9.84 Å². The van der Waals surface area contributed by atoms with Crippen molar-refractivity contribution in [2.45, 2.75) is 51.0 Å². The molecule has 106 valence electrons. The van der Waals surface area contributed by atoms with Crippen LogP contribution in [0.5, 0.6) is 0 Å². The molecule has 2 aliphatic rings. The van der Waals surface area contributed by atoms with Crippen molar-refractivity contribution in [2.24, 2.45) is 0 Å². The molecule has 0 aromatic carbocycles. The summed E-state index contributed by atoms with van der Waals surface area (Å²) in [7, 11) is -2.95. The Morgan fingerprint density at radius 1 is 1.26 bits per heavy atom. The molecule has 0 spiro atoms. The first kappa shape index (κ1) is 13.4. The Kier molecular flexibility index (Phi) is 3.17. The topological polar surface area (TPSA) is 52.0 Å². The molecule has 0 radical (unpaired) electrons. The number of fused-ring (bicyclic) bond motifs is 1. The fraction of sp³-hybridized carbons (Fsp3) is 0.769. The highest BCUT2D eigenvalue weighted by atomic mass is 35.5. The number of hydrogen-bond donors (Lipinski definition) is 0. The van der Waals surface area contributed by atoms with E-state index >= 15 is 0 Å². The molecule has 4 nitrogen and oxygen atoms in total. The van der Waals surface area contributed by atoms with Gasteiger partial charge in [-0.25, -0.2) is 13.1 Å². The van der Waals surface area contributed by atoms with Crippen LogP contribution in [0, 0.1) is 0 Å². The Morgan fingerprint density at radius 3 is 2.68 bits per heavy atom. The van der Waals surface area contributed by atoms with Gasteiger partial charge in [0.2, 0.25) is 0 Å². The van der Waals surface area contributed by atoms with Gasteiger partial charge in [-0.3, -0.25) is 0 Å². The van der Waals surface area contributed by atoms with Crippen LogP contribution < -0.4 is 0 Å².